The van der Waals surface area contributed by atoms with Gasteiger partial charge in [-0.1, -0.05) is 18.2 Å². The largest absolute Gasteiger partial charge is 0.507 e. The second-order valence-corrected chi connectivity index (χ2v) is 8.27. The molecule has 1 N–H and O–H groups in total. The molecule has 180 valence electrons. The molecule has 2 aromatic rings. The average molecular weight is 467 g/mol. The third kappa shape index (κ3) is 4.78. The number of methoxy groups -OCH3 is 2. The van der Waals surface area contributed by atoms with E-state index in [2.05, 4.69) is 4.90 Å². The van der Waals surface area contributed by atoms with E-state index >= 15 is 0 Å². The first kappa shape index (κ1) is 23.8. The Kier molecular flexibility index (Phi) is 7.49. The number of hydrogen-bond donors (Lipinski definition) is 1. The SMILES string of the molecule is COc1ccc(/C(O)=C2\C(=O)C(=O)N(CCCN3CCOCC3)[C@H]2c2ccccc2OC)cc1. The molecule has 0 spiro atoms. The van der Waals surface area contributed by atoms with Gasteiger partial charge in [0.25, 0.3) is 11.7 Å². The normalized spacial score (nSPS) is 20.5. The van der Waals surface area contributed by atoms with Crippen molar-refractivity contribution in [2.24, 2.45) is 0 Å². The first-order valence-corrected chi connectivity index (χ1v) is 11.4. The highest BCUT2D eigenvalue weighted by Gasteiger charge is 2.46. The molecule has 0 unspecified atom stereocenters. The summed E-state index contributed by atoms with van der Waals surface area (Å²) in [5.74, 6) is -0.356. The van der Waals surface area contributed by atoms with Gasteiger partial charge in [0, 0.05) is 37.3 Å². The summed E-state index contributed by atoms with van der Waals surface area (Å²) >= 11 is 0. The van der Waals surface area contributed by atoms with E-state index in [1.165, 1.54) is 0 Å². The van der Waals surface area contributed by atoms with E-state index in [4.69, 9.17) is 14.2 Å². The van der Waals surface area contributed by atoms with Crippen molar-refractivity contribution < 1.29 is 28.9 Å². The maximum atomic E-state index is 13.2. The van der Waals surface area contributed by atoms with Crippen molar-refractivity contribution in [2.45, 2.75) is 12.5 Å². The van der Waals surface area contributed by atoms with E-state index in [9.17, 15) is 14.7 Å². The van der Waals surface area contributed by atoms with Gasteiger partial charge in [0.2, 0.25) is 0 Å². The van der Waals surface area contributed by atoms with Gasteiger partial charge in [0.1, 0.15) is 17.3 Å². The number of hydrogen-bond acceptors (Lipinski definition) is 7. The minimum atomic E-state index is -0.747. The highest BCUT2D eigenvalue weighted by molar-refractivity contribution is 6.46. The summed E-state index contributed by atoms with van der Waals surface area (Å²) in [5.41, 5.74) is 1.16. The molecule has 0 aromatic heterocycles. The second kappa shape index (κ2) is 10.7. The van der Waals surface area contributed by atoms with Crippen LogP contribution >= 0.6 is 0 Å². The van der Waals surface area contributed by atoms with E-state index in [1.807, 2.05) is 18.2 Å². The molecule has 2 fully saturated rings. The first-order chi connectivity index (χ1) is 16.5. The van der Waals surface area contributed by atoms with Gasteiger partial charge in [0.15, 0.2) is 0 Å². The minimum Gasteiger partial charge on any atom is -0.507 e. The second-order valence-electron chi connectivity index (χ2n) is 8.27. The van der Waals surface area contributed by atoms with Crippen LogP contribution in [0.1, 0.15) is 23.6 Å². The summed E-state index contributed by atoms with van der Waals surface area (Å²) in [7, 11) is 3.10. The molecule has 2 saturated heterocycles. The van der Waals surface area contributed by atoms with Crippen molar-refractivity contribution in [3.8, 4) is 11.5 Å². The van der Waals surface area contributed by atoms with Crippen LogP contribution in [0, 0.1) is 0 Å². The number of Topliss-reactive ketones (excluding diaryl/α,β-unsaturated/α-hetero) is 1. The van der Waals surface area contributed by atoms with Crippen LogP contribution in [0.2, 0.25) is 0 Å². The summed E-state index contributed by atoms with van der Waals surface area (Å²) in [6.07, 6.45) is 0.696. The molecule has 1 amide bonds. The first-order valence-electron chi connectivity index (χ1n) is 11.4. The smallest absolute Gasteiger partial charge is 0.295 e. The lowest BCUT2D eigenvalue weighted by Crippen LogP contribution is -2.39. The van der Waals surface area contributed by atoms with Crippen molar-refractivity contribution in [3.05, 3.63) is 65.2 Å². The van der Waals surface area contributed by atoms with E-state index in [-0.39, 0.29) is 11.3 Å². The molecular weight excluding hydrogens is 436 g/mol. The van der Waals surface area contributed by atoms with Crippen LogP contribution in [0.5, 0.6) is 11.5 Å². The zero-order valence-corrected chi connectivity index (χ0v) is 19.5. The van der Waals surface area contributed by atoms with Gasteiger partial charge in [-0.25, -0.2) is 0 Å². The Bertz CT molecular complexity index is 1060. The lowest BCUT2D eigenvalue weighted by Gasteiger charge is -2.29. The van der Waals surface area contributed by atoms with Crippen LogP contribution in [-0.4, -0.2) is 80.2 Å². The number of carbonyl (C=O) groups excluding carboxylic acids is 2. The van der Waals surface area contributed by atoms with Crippen LogP contribution in [-0.2, 0) is 14.3 Å². The topological polar surface area (TPSA) is 88.5 Å². The summed E-state index contributed by atoms with van der Waals surface area (Å²) < 4.78 is 16.1. The van der Waals surface area contributed by atoms with Crippen molar-refractivity contribution in [1.29, 1.82) is 0 Å². The number of rotatable bonds is 8. The number of carbonyl (C=O) groups is 2. The number of likely N-dealkylation sites (tertiary alicyclic amines) is 1. The van der Waals surface area contributed by atoms with Gasteiger partial charge < -0.3 is 24.2 Å². The fourth-order valence-electron chi connectivity index (χ4n) is 4.52. The van der Waals surface area contributed by atoms with E-state index in [0.717, 1.165) is 19.6 Å². The van der Waals surface area contributed by atoms with Crippen LogP contribution < -0.4 is 9.47 Å². The van der Waals surface area contributed by atoms with Crippen LogP contribution in [0.25, 0.3) is 5.76 Å². The molecule has 8 nitrogen and oxygen atoms in total. The third-order valence-electron chi connectivity index (χ3n) is 6.31. The summed E-state index contributed by atoms with van der Waals surface area (Å²) in [6.45, 7) is 4.28. The average Bonchev–Trinajstić information content (AvgIpc) is 3.13. The Hall–Kier alpha value is -3.36. The monoisotopic (exact) mass is 466 g/mol. The predicted molar refractivity (Wildman–Crippen MR) is 127 cm³/mol. The van der Waals surface area contributed by atoms with Gasteiger partial charge >= 0.3 is 0 Å². The van der Waals surface area contributed by atoms with Crippen LogP contribution in [0.15, 0.2) is 54.1 Å². The molecule has 0 radical (unpaired) electrons. The summed E-state index contributed by atoms with van der Waals surface area (Å²) in [6, 6.07) is 13.3. The van der Waals surface area contributed by atoms with Gasteiger partial charge in [-0.2, -0.15) is 0 Å². The molecule has 2 heterocycles. The number of benzene rings is 2. The van der Waals surface area contributed by atoms with E-state index in [0.29, 0.717) is 48.8 Å². The van der Waals surface area contributed by atoms with Crippen LogP contribution in [0.3, 0.4) is 0 Å². The fraction of sp³-hybridized carbons (Fsp3) is 0.385. The Balaban J connectivity index is 1.70. The van der Waals surface area contributed by atoms with Crippen molar-refractivity contribution in [2.75, 3.05) is 53.6 Å². The molecule has 34 heavy (non-hydrogen) atoms. The Morgan fingerprint density at radius 1 is 1.00 bits per heavy atom. The van der Waals surface area contributed by atoms with Gasteiger partial charge in [-0.05, 0) is 36.8 Å². The molecule has 2 aliphatic rings. The molecule has 2 aromatic carbocycles. The number of amides is 1. The number of ether oxygens (including phenoxy) is 3. The Morgan fingerprint density at radius 3 is 2.38 bits per heavy atom. The number of aliphatic hydroxyl groups is 1. The highest BCUT2D eigenvalue weighted by Crippen LogP contribution is 2.42. The van der Waals surface area contributed by atoms with Crippen molar-refractivity contribution in [1.82, 2.24) is 9.80 Å². The lowest BCUT2D eigenvalue weighted by molar-refractivity contribution is -0.140. The molecule has 4 rings (SSSR count). The standard InChI is InChI=1S/C26H30N2O6/c1-32-19-10-8-18(9-11-19)24(29)22-23(20-6-3-4-7-21(20)33-2)28(26(31)25(22)30)13-5-12-27-14-16-34-17-15-27/h3-4,6-11,23,29H,5,12-17H2,1-2H3/b24-22+/t23-/m0/s1. The van der Waals surface area contributed by atoms with Gasteiger partial charge in [0.05, 0.1) is 39.0 Å². The summed E-state index contributed by atoms with van der Waals surface area (Å²) in [5, 5.41) is 11.2. The highest BCUT2D eigenvalue weighted by atomic mass is 16.5. The predicted octanol–water partition coefficient (Wildman–Crippen LogP) is 2.85. The van der Waals surface area contributed by atoms with E-state index in [1.54, 1.807) is 49.5 Å². The molecule has 1 atom stereocenters. The molecule has 0 bridgehead atoms. The zero-order chi connectivity index (χ0) is 24.1. The summed E-state index contributed by atoms with van der Waals surface area (Å²) in [4.78, 5) is 30.2. The third-order valence-corrected chi connectivity index (χ3v) is 6.31. The number of morpholine rings is 1. The Morgan fingerprint density at radius 2 is 1.71 bits per heavy atom. The maximum absolute atomic E-state index is 13.2. The molecule has 2 aliphatic heterocycles. The Labute approximate surface area is 199 Å². The van der Waals surface area contributed by atoms with Gasteiger partial charge in [-0.3, -0.25) is 14.5 Å². The fourth-order valence-corrected chi connectivity index (χ4v) is 4.52. The zero-order valence-electron chi connectivity index (χ0n) is 19.5. The van der Waals surface area contributed by atoms with E-state index < -0.39 is 17.7 Å². The lowest BCUT2D eigenvalue weighted by atomic mass is 9.94. The van der Waals surface area contributed by atoms with Crippen molar-refractivity contribution >= 4 is 17.4 Å². The maximum Gasteiger partial charge on any atom is 0.295 e. The number of ketones is 1. The molecule has 8 heteroatoms. The molecule has 0 saturated carbocycles. The number of nitrogens with zero attached hydrogens (tertiary/aromatic N) is 2. The molecular formula is C26H30N2O6. The quantitative estimate of drug-likeness (QED) is 0.364. The van der Waals surface area contributed by atoms with Crippen molar-refractivity contribution in [3.63, 3.8) is 0 Å². The minimum absolute atomic E-state index is 0.0611. The van der Waals surface area contributed by atoms with Crippen LogP contribution in [0.4, 0.5) is 0 Å². The number of para-hydroxylation sites is 1. The number of aliphatic hydroxyl groups excluding tert-OH is 1. The molecule has 0 aliphatic carbocycles. The van der Waals surface area contributed by atoms with Gasteiger partial charge in [-0.15, -0.1) is 0 Å².